The summed E-state index contributed by atoms with van der Waals surface area (Å²) in [5, 5.41) is 3.02. The summed E-state index contributed by atoms with van der Waals surface area (Å²) in [5.41, 5.74) is -1.91. The molecule has 1 aromatic rings. The van der Waals surface area contributed by atoms with Crippen molar-refractivity contribution in [2.45, 2.75) is 19.0 Å². The summed E-state index contributed by atoms with van der Waals surface area (Å²) in [6, 6.07) is 2.81. The Hall–Kier alpha value is -1.63. The van der Waals surface area contributed by atoms with Crippen LogP contribution in [0.3, 0.4) is 0 Å². The fraction of sp³-hybridized carbons (Fsp3) is 0.533. The summed E-state index contributed by atoms with van der Waals surface area (Å²) >= 11 is 0. The quantitative estimate of drug-likeness (QED) is 0.869. The zero-order chi connectivity index (χ0) is 16.3. The molecule has 0 radical (unpaired) electrons. The Kier molecular flexibility index (Phi) is 5.05. The fourth-order valence-corrected chi connectivity index (χ4v) is 2.79. The summed E-state index contributed by atoms with van der Waals surface area (Å²) in [6.07, 6.45) is -3.11. The number of piperidine rings is 1. The van der Waals surface area contributed by atoms with Crippen molar-refractivity contribution in [2.24, 2.45) is 5.92 Å². The topological polar surface area (TPSA) is 32.3 Å². The number of hydrogen-bond acceptors (Lipinski definition) is 2. The van der Waals surface area contributed by atoms with E-state index in [1.807, 2.05) is 0 Å². The molecule has 0 saturated carbocycles. The van der Waals surface area contributed by atoms with Crippen molar-refractivity contribution >= 4 is 5.91 Å². The third-order valence-electron chi connectivity index (χ3n) is 3.83. The minimum Gasteiger partial charge on any atom is -0.338 e. The molecule has 1 saturated heterocycles. The fourth-order valence-electron chi connectivity index (χ4n) is 2.79. The number of carbonyl (C=O) groups excluding carboxylic acids is 1. The molecule has 1 N–H and O–H groups in total. The molecule has 0 aliphatic carbocycles. The van der Waals surface area contributed by atoms with Gasteiger partial charge in [-0.05, 0) is 44.5 Å². The van der Waals surface area contributed by atoms with Crippen LogP contribution in [0.15, 0.2) is 18.2 Å². The van der Waals surface area contributed by atoms with E-state index in [9.17, 15) is 22.4 Å². The lowest BCUT2D eigenvalue weighted by molar-refractivity contribution is -0.140. The van der Waals surface area contributed by atoms with Crippen LogP contribution in [0.2, 0.25) is 0 Å². The van der Waals surface area contributed by atoms with Crippen molar-refractivity contribution < 1.29 is 22.4 Å². The second kappa shape index (κ2) is 6.64. The summed E-state index contributed by atoms with van der Waals surface area (Å²) in [5.74, 6) is -1.93. The van der Waals surface area contributed by atoms with Gasteiger partial charge in [-0.1, -0.05) is 6.07 Å². The molecule has 1 heterocycles. The Morgan fingerprint density at radius 1 is 1.41 bits per heavy atom. The Morgan fingerprint density at radius 2 is 2.14 bits per heavy atom. The number of halogens is 4. The number of carbonyl (C=O) groups is 1. The first kappa shape index (κ1) is 16.7. The third-order valence-corrected chi connectivity index (χ3v) is 3.83. The highest BCUT2D eigenvalue weighted by Gasteiger charge is 2.36. The van der Waals surface area contributed by atoms with Gasteiger partial charge < -0.3 is 10.2 Å². The van der Waals surface area contributed by atoms with Gasteiger partial charge in [0, 0.05) is 13.1 Å². The standard InChI is InChI=1S/C15H18F4N2O/c1-20-8-10-4-3-7-21(9-10)14(22)11-5-2-6-12(13(11)16)15(17,18)19/h2,5-6,10,20H,3-4,7-9H2,1H3/t10-/m0/s1. The van der Waals surface area contributed by atoms with Gasteiger partial charge in [0.25, 0.3) is 5.91 Å². The lowest BCUT2D eigenvalue weighted by atomic mass is 9.97. The first-order valence-electron chi connectivity index (χ1n) is 7.14. The molecule has 22 heavy (non-hydrogen) atoms. The minimum absolute atomic E-state index is 0.233. The van der Waals surface area contributed by atoms with E-state index >= 15 is 0 Å². The van der Waals surface area contributed by atoms with Crippen molar-refractivity contribution in [3.63, 3.8) is 0 Å². The van der Waals surface area contributed by atoms with Gasteiger partial charge in [0.05, 0.1) is 11.1 Å². The minimum atomic E-state index is -4.81. The average molecular weight is 318 g/mol. The molecule has 1 amide bonds. The van der Waals surface area contributed by atoms with Crippen LogP contribution in [0.25, 0.3) is 0 Å². The molecule has 0 aromatic heterocycles. The van der Waals surface area contributed by atoms with Crippen molar-refractivity contribution in [3.8, 4) is 0 Å². The summed E-state index contributed by atoms with van der Waals surface area (Å²) in [7, 11) is 1.80. The molecule has 1 atom stereocenters. The SMILES string of the molecule is CNC[C@@H]1CCCN(C(=O)c2cccc(C(F)(F)F)c2F)C1. The molecule has 1 aliphatic heterocycles. The van der Waals surface area contributed by atoms with E-state index < -0.39 is 29.0 Å². The van der Waals surface area contributed by atoms with Crippen molar-refractivity contribution in [1.29, 1.82) is 0 Å². The molecule has 0 bridgehead atoms. The lowest BCUT2D eigenvalue weighted by Gasteiger charge is -2.33. The van der Waals surface area contributed by atoms with Gasteiger partial charge in [-0.15, -0.1) is 0 Å². The molecule has 122 valence electrons. The number of likely N-dealkylation sites (tertiary alicyclic amines) is 1. The van der Waals surface area contributed by atoms with Crippen molar-refractivity contribution in [1.82, 2.24) is 10.2 Å². The maximum atomic E-state index is 14.0. The number of amides is 1. The van der Waals surface area contributed by atoms with Gasteiger partial charge in [-0.3, -0.25) is 4.79 Å². The van der Waals surface area contributed by atoms with Gasteiger partial charge in [0.15, 0.2) is 0 Å². The van der Waals surface area contributed by atoms with Gasteiger partial charge in [-0.2, -0.15) is 13.2 Å². The number of nitrogens with one attached hydrogen (secondary N) is 1. The van der Waals surface area contributed by atoms with Crippen LogP contribution < -0.4 is 5.32 Å². The van der Waals surface area contributed by atoms with E-state index in [1.54, 1.807) is 7.05 Å². The molecule has 1 fully saturated rings. The Balaban J connectivity index is 2.23. The maximum Gasteiger partial charge on any atom is 0.419 e. The average Bonchev–Trinajstić information content (AvgIpc) is 2.46. The summed E-state index contributed by atoms with van der Waals surface area (Å²) in [6.45, 7) is 1.58. The Bertz CT molecular complexity index is 543. The van der Waals surface area contributed by atoms with Crippen LogP contribution in [0.4, 0.5) is 17.6 Å². The van der Waals surface area contributed by atoms with E-state index in [4.69, 9.17) is 0 Å². The normalized spacial score (nSPS) is 19.3. The van der Waals surface area contributed by atoms with E-state index in [0.29, 0.717) is 19.2 Å². The Morgan fingerprint density at radius 3 is 2.77 bits per heavy atom. The van der Waals surface area contributed by atoms with E-state index in [2.05, 4.69) is 5.32 Å². The number of benzene rings is 1. The van der Waals surface area contributed by atoms with Crippen LogP contribution in [0.5, 0.6) is 0 Å². The molecule has 0 spiro atoms. The van der Waals surface area contributed by atoms with Gasteiger partial charge in [-0.25, -0.2) is 4.39 Å². The first-order valence-corrected chi connectivity index (χ1v) is 7.14. The second-order valence-corrected chi connectivity index (χ2v) is 5.48. The Labute approximate surface area is 126 Å². The first-order chi connectivity index (χ1) is 10.3. The highest BCUT2D eigenvalue weighted by atomic mass is 19.4. The summed E-state index contributed by atoms with van der Waals surface area (Å²) < 4.78 is 52.2. The second-order valence-electron chi connectivity index (χ2n) is 5.48. The number of hydrogen-bond donors (Lipinski definition) is 1. The zero-order valence-electron chi connectivity index (χ0n) is 12.2. The van der Waals surface area contributed by atoms with Crippen LogP contribution in [0.1, 0.15) is 28.8 Å². The molecule has 7 heteroatoms. The summed E-state index contributed by atoms with van der Waals surface area (Å²) in [4.78, 5) is 13.8. The highest BCUT2D eigenvalue weighted by Crippen LogP contribution is 2.33. The molecular weight excluding hydrogens is 300 g/mol. The molecule has 0 unspecified atom stereocenters. The van der Waals surface area contributed by atoms with Crippen LogP contribution in [0, 0.1) is 11.7 Å². The molecule has 1 aromatic carbocycles. The number of alkyl halides is 3. The predicted octanol–water partition coefficient (Wildman–Crippen LogP) is 2.92. The van der Waals surface area contributed by atoms with Crippen molar-refractivity contribution in [2.75, 3.05) is 26.7 Å². The number of nitrogens with zero attached hydrogens (tertiary/aromatic N) is 1. The molecular formula is C15H18F4N2O. The number of rotatable bonds is 3. The monoisotopic (exact) mass is 318 g/mol. The van der Waals surface area contributed by atoms with E-state index in [-0.39, 0.29) is 5.92 Å². The largest absolute Gasteiger partial charge is 0.419 e. The molecule has 2 rings (SSSR count). The highest BCUT2D eigenvalue weighted by molar-refractivity contribution is 5.94. The smallest absolute Gasteiger partial charge is 0.338 e. The maximum absolute atomic E-state index is 14.0. The third kappa shape index (κ3) is 3.58. The van der Waals surface area contributed by atoms with E-state index in [0.717, 1.165) is 31.5 Å². The predicted molar refractivity (Wildman–Crippen MR) is 74.0 cm³/mol. The molecule has 3 nitrogen and oxygen atoms in total. The molecule has 1 aliphatic rings. The van der Waals surface area contributed by atoms with Crippen LogP contribution in [-0.2, 0) is 6.18 Å². The lowest BCUT2D eigenvalue weighted by Crippen LogP contribution is -2.42. The van der Waals surface area contributed by atoms with E-state index in [1.165, 1.54) is 4.90 Å². The van der Waals surface area contributed by atoms with Gasteiger partial charge in [0.2, 0.25) is 0 Å². The zero-order valence-corrected chi connectivity index (χ0v) is 12.2. The van der Waals surface area contributed by atoms with Gasteiger partial charge in [0.1, 0.15) is 5.82 Å². The van der Waals surface area contributed by atoms with Crippen LogP contribution >= 0.6 is 0 Å². The van der Waals surface area contributed by atoms with Gasteiger partial charge >= 0.3 is 6.18 Å². The van der Waals surface area contributed by atoms with Crippen molar-refractivity contribution in [3.05, 3.63) is 35.1 Å². The van der Waals surface area contributed by atoms with Crippen LogP contribution in [-0.4, -0.2) is 37.5 Å².